The van der Waals surface area contributed by atoms with E-state index in [0.29, 0.717) is 6.54 Å². The molecule has 0 aliphatic rings. The molecule has 0 spiro atoms. The molecule has 0 aliphatic carbocycles. The predicted octanol–water partition coefficient (Wildman–Crippen LogP) is 3.50. The highest BCUT2D eigenvalue weighted by atomic mass is 79.9. The van der Waals surface area contributed by atoms with Gasteiger partial charge in [0.05, 0.1) is 11.0 Å². The summed E-state index contributed by atoms with van der Waals surface area (Å²) in [7, 11) is 2.05. The monoisotopic (exact) mass is 329 g/mol. The molecule has 0 amide bonds. The first-order valence-corrected chi connectivity index (χ1v) is 7.39. The topological polar surface area (TPSA) is 43.8 Å². The standard InChI is InChI=1S/C16H16BrN3/c1-20-15-7-6-13(17)10-14(15)19-16(20)12-4-2-11(3-5-12)8-9-18/h2-7,10H,8-9,18H2,1H3. The van der Waals surface area contributed by atoms with Crippen LogP contribution in [0.2, 0.25) is 0 Å². The number of halogens is 1. The molecule has 4 heteroatoms. The van der Waals surface area contributed by atoms with Crippen LogP contribution in [-0.2, 0) is 13.5 Å². The minimum Gasteiger partial charge on any atom is -0.330 e. The van der Waals surface area contributed by atoms with Gasteiger partial charge in [0.25, 0.3) is 0 Å². The zero-order valence-corrected chi connectivity index (χ0v) is 12.9. The highest BCUT2D eigenvalue weighted by Gasteiger charge is 2.09. The molecule has 3 aromatic rings. The quantitative estimate of drug-likeness (QED) is 0.799. The number of nitrogens with two attached hydrogens (primary N) is 1. The van der Waals surface area contributed by atoms with Crippen molar-refractivity contribution in [2.45, 2.75) is 6.42 Å². The summed E-state index contributed by atoms with van der Waals surface area (Å²) in [5.41, 5.74) is 10.1. The maximum Gasteiger partial charge on any atom is 0.140 e. The molecule has 0 radical (unpaired) electrons. The van der Waals surface area contributed by atoms with Gasteiger partial charge >= 0.3 is 0 Å². The van der Waals surface area contributed by atoms with E-state index >= 15 is 0 Å². The predicted molar refractivity (Wildman–Crippen MR) is 86.6 cm³/mol. The zero-order valence-electron chi connectivity index (χ0n) is 11.3. The molecular weight excluding hydrogens is 314 g/mol. The molecule has 20 heavy (non-hydrogen) atoms. The van der Waals surface area contributed by atoms with Gasteiger partial charge in [-0.25, -0.2) is 4.98 Å². The number of nitrogens with zero attached hydrogens (tertiary/aromatic N) is 2. The molecule has 3 nitrogen and oxygen atoms in total. The van der Waals surface area contributed by atoms with Gasteiger partial charge in [0.1, 0.15) is 5.82 Å². The van der Waals surface area contributed by atoms with Crippen LogP contribution >= 0.6 is 15.9 Å². The summed E-state index contributed by atoms with van der Waals surface area (Å²) < 4.78 is 3.17. The Labute approximate surface area is 126 Å². The van der Waals surface area contributed by atoms with E-state index in [1.807, 2.05) is 19.2 Å². The van der Waals surface area contributed by atoms with Crippen molar-refractivity contribution in [3.8, 4) is 11.4 Å². The number of fused-ring (bicyclic) bond motifs is 1. The smallest absolute Gasteiger partial charge is 0.140 e. The largest absolute Gasteiger partial charge is 0.330 e. The number of hydrogen-bond acceptors (Lipinski definition) is 2. The molecule has 0 aliphatic heterocycles. The Morgan fingerprint density at radius 1 is 1.15 bits per heavy atom. The lowest BCUT2D eigenvalue weighted by Crippen LogP contribution is -2.02. The van der Waals surface area contributed by atoms with Crippen LogP contribution in [0.3, 0.4) is 0 Å². The van der Waals surface area contributed by atoms with Crippen molar-refractivity contribution in [3.05, 3.63) is 52.5 Å². The first-order chi connectivity index (χ1) is 9.69. The SMILES string of the molecule is Cn1c(-c2ccc(CCN)cc2)nc2cc(Br)ccc21. The molecule has 2 N–H and O–H groups in total. The first-order valence-electron chi connectivity index (χ1n) is 6.60. The third-order valence-electron chi connectivity index (χ3n) is 3.49. The summed E-state index contributed by atoms with van der Waals surface area (Å²) in [6, 6.07) is 14.6. The van der Waals surface area contributed by atoms with Crippen LogP contribution in [0.15, 0.2) is 46.9 Å². The second kappa shape index (κ2) is 5.38. The molecule has 1 aromatic heterocycles. The van der Waals surface area contributed by atoms with Gasteiger partial charge in [-0.1, -0.05) is 40.2 Å². The Balaban J connectivity index is 2.07. The lowest BCUT2D eigenvalue weighted by Gasteiger charge is -2.04. The average Bonchev–Trinajstić information content (AvgIpc) is 2.77. The average molecular weight is 330 g/mol. The summed E-state index contributed by atoms with van der Waals surface area (Å²) in [6.07, 6.45) is 0.912. The molecule has 3 rings (SSSR count). The Bertz CT molecular complexity index is 744. The normalized spacial score (nSPS) is 11.2. The summed E-state index contributed by atoms with van der Waals surface area (Å²) >= 11 is 3.49. The van der Waals surface area contributed by atoms with E-state index in [1.165, 1.54) is 5.56 Å². The molecule has 0 atom stereocenters. The van der Waals surface area contributed by atoms with E-state index < -0.39 is 0 Å². The minimum atomic E-state index is 0.680. The lowest BCUT2D eigenvalue weighted by molar-refractivity contribution is 0.954. The molecule has 102 valence electrons. The van der Waals surface area contributed by atoms with Gasteiger partial charge in [-0.3, -0.25) is 0 Å². The van der Waals surface area contributed by atoms with E-state index in [1.54, 1.807) is 0 Å². The van der Waals surface area contributed by atoms with Crippen molar-refractivity contribution in [1.82, 2.24) is 9.55 Å². The summed E-state index contributed by atoms with van der Waals surface area (Å²) in [5, 5.41) is 0. The molecule has 0 fully saturated rings. The van der Waals surface area contributed by atoms with Crippen LogP contribution in [0.4, 0.5) is 0 Å². The van der Waals surface area contributed by atoms with Crippen LogP contribution in [0.25, 0.3) is 22.4 Å². The van der Waals surface area contributed by atoms with Crippen LogP contribution < -0.4 is 5.73 Å². The van der Waals surface area contributed by atoms with E-state index in [0.717, 1.165) is 33.3 Å². The van der Waals surface area contributed by atoms with Gasteiger partial charge in [0.2, 0.25) is 0 Å². The van der Waals surface area contributed by atoms with E-state index in [2.05, 4.69) is 50.8 Å². The maximum atomic E-state index is 5.58. The van der Waals surface area contributed by atoms with Gasteiger partial charge in [0.15, 0.2) is 0 Å². The Morgan fingerprint density at radius 2 is 1.90 bits per heavy atom. The van der Waals surface area contributed by atoms with Crippen LogP contribution in [0.1, 0.15) is 5.56 Å². The number of rotatable bonds is 3. The lowest BCUT2D eigenvalue weighted by atomic mass is 10.1. The van der Waals surface area contributed by atoms with Gasteiger partial charge in [0, 0.05) is 17.1 Å². The molecule has 0 saturated heterocycles. The van der Waals surface area contributed by atoms with Crippen molar-refractivity contribution in [3.63, 3.8) is 0 Å². The summed E-state index contributed by atoms with van der Waals surface area (Å²) in [5.74, 6) is 0.984. The first kappa shape index (κ1) is 13.3. The summed E-state index contributed by atoms with van der Waals surface area (Å²) in [4.78, 5) is 4.73. The third kappa shape index (κ3) is 2.37. The molecule has 0 bridgehead atoms. The third-order valence-corrected chi connectivity index (χ3v) is 3.98. The number of benzene rings is 2. The van der Waals surface area contributed by atoms with E-state index in [4.69, 9.17) is 10.7 Å². The van der Waals surface area contributed by atoms with Gasteiger partial charge < -0.3 is 10.3 Å². The molecule has 2 aromatic carbocycles. The Morgan fingerprint density at radius 3 is 2.60 bits per heavy atom. The van der Waals surface area contributed by atoms with E-state index in [-0.39, 0.29) is 0 Å². The highest BCUT2D eigenvalue weighted by Crippen LogP contribution is 2.26. The van der Waals surface area contributed by atoms with Crippen molar-refractivity contribution >= 4 is 27.0 Å². The number of hydrogen-bond donors (Lipinski definition) is 1. The van der Waals surface area contributed by atoms with Gasteiger partial charge in [-0.05, 0) is 36.7 Å². The zero-order chi connectivity index (χ0) is 14.1. The fourth-order valence-corrected chi connectivity index (χ4v) is 2.77. The van der Waals surface area contributed by atoms with Gasteiger partial charge in [-0.15, -0.1) is 0 Å². The van der Waals surface area contributed by atoms with Crippen molar-refractivity contribution < 1.29 is 0 Å². The van der Waals surface area contributed by atoms with Crippen LogP contribution in [-0.4, -0.2) is 16.1 Å². The number of imidazole rings is 1. The number of aryl methyl sites for hydroxylation is 1. The van der Waals surface area contributed by atoms with Gasteiger partial charge in [-0.2, -0.15) is 0 Å². The maximum absolute atomic E-state index is 5.58. The Kier molecular flexibility index (Phi) is 3.59. The molecule has 0 saturated carbocycles. The van der Waals surface area contributed by atoms with Crippen molar-refractivity contribution in [1.29, 1.82) is 0 Å². The van der Waals surface area contributed by atoms with Crippen molar-refractivity contribution in [2.75, 3.05) is 6.54 Å². The molecular formula is C16H16BrN3. The highest BCUT2D eigenvalue weighted by molar-refractivity contribution is 9.10. The second-order valence-electron chi connectivity index (χ2n) is 4.86. The number of aromatic nitrogens is 2. The fourth-order valence-electron chi connectivity index (χ4n) is 2.42. The fraction of sp³-hybridized carbons (Fsp3) is 0.188. The van der Waals surface area contributed by atoms with Crippen LogP contribution in [0, 0.1) is 0 Å². The van der Waals surface area contributed by atoms with Crippen LogP contribution in [0.5, 0.6) is 0 Å². The molecule has 0 unspecified atom stereocenters. The van der Waals surface area contributed by atoms with E-state index in [9.17, 15) is 0 Å². The second-order valence-corrected chi connectivity index (χ2v) is 5.78. The minimum absolute atomic E-state index is 0.680. The Hall–Kier alpha value is -1.65. The summed E-state index contributed by atoms with van der Waals surface area (Å²) in [6.45, 7) is 0.680. The molecule has 1 heterocycles. The van der Waals surface area contributed by atoms with Crippen molar-refractivity contribution in [2.24, 2.45) is 12.8 Å².